The van der Waals surface area contributed by atoms with Crippen LogP contribution in [0.2, 0.25) is 0 Å². The van der Waals surface area contributed by atoms with Crippen LogP contribution < -0.4 is 0 Å². The average Bonchev–Trinajstić information content (AvgIpc) is 2.91. The van der Waals surface area contributed by atoms with Crippen molar-refractivity contribution in [3.8, 4) is 0 Å². The molecule has 0 aromatic carbocycles. The molecule has 2 amide bonds. The van der Waals surface area contributed by atoms with Crippen LogP contribution in [0.1, 0.15) is 32.6 Å². The Morgan fingerprint density at radius 1 is 0.789 bits per heavy atom. The van der Waals surface area contributed by atoms with E-state index in [0.29, 0.717) is 63.6 Å². The molecule has 0 fully saturated rings. The topological polar surface area (TPSA) is 94.8 Å². The van der Waals surface area contributed by atoms with Crippen LogP contribution in [0.5, 0.6) is 0 Å². The first-order valence-corrected chi connectivity index (χ1v) is 16.8. The molecule has 1 atom stereocenters. The number of nitrogens with zero attached hydrogens (tertiary/aromatic N) is 5. The monoisotopic (exact) mass is 579 g/mol. The summed E-state index contributed by atoms with van der Waals surface area (Å²) in [6.07, 6.45) is 8.58. The van der Waals surface area contributed by atoms with Crippen LogP contribution >= 0.6 is 35.3 Å². The van der Waals surface area contributed by atoms with Gasteiger partial charge in [-0.15, -0.1) is 0 Å². The number of ketones is 1. The van der Waals surface area contributed by atoms with E-state index in [-0.39, 0.29) is 24.3 Å². The minimum atomic E-state index is -0.0404. The SMILES string of the molecule is B=NCCC(CCSC)C(=O)CCSCCN(CCN=B)C(=O)CCSCCN(C/C=C/C)C(=O)CN=B. The number of thioether (sulfide) groups is 3. The van der Waals surface area contributed by atoms with Crippen LogP contribution in [0.25, 0.3) is 0 Å². The molecule has 0 heterocycles. The number of hydrogen-bond donors (Lipinski definition) is 0. The average molecular weight is 579 g/mol. The quantitative estimate of drug-likeness (QED) is 0.0886. The Balaban J connectivity index is 4.45. The van der Waals surface area contributed by atoms with Crippen molar-refractivity contribution in [3.63, 3.8) is 0 Å². The second-order valence-corrected chi connectivity index (χ2v) is 12.0. The molecule has 0 saturated heterocycles. The Morgan fingerprint density at radius 3 is 2.05 bits per heavy atom. The third-order valence-electron chi connectivity index (χ3n) is 5.77. The predicted molar refractivity (Wildman–Crippen MR) is 171 cm³/mol. The molecule has 0 radical (unpaired) electrons. The molecule has 0 aliphatic rings. The van der Waals surface area contributed by atoms with Crippen molar-refractivity contribution in [3.05, 3.63) is 12.2 Å². The van der Waals surface area contributed by atoms with Gasteiger partial charge in [-0.2, -0.15) is 0 Å². The first-order valence-electron chi connectivity index (χ1n) is 13.1. The zero-order valence-corrected chi connectivity index (χ0v) is 25.8. The van der Waals surface area contributed by atoms with E-state index in [2.05, 4.69) is 43.9 Å². The van der Waals surface area contributed by atoms with Gasteiger partial charge >= 0.3 is 246 Å². The molecule has 0 aliphatic heterocycles. The van der Waals surface area contributed by atoms with Gasteiger partial charge in [0, 0.05) is 0 Å². The Labute approximate surface area is 245 Å². The molecule has 0 N–H and O–H groups in total. The minimum absolute atomic E-state index is 0.0404. The molecule has 14 heteroatoms. The third kappa shape index (κ3) is 19.1. The van der Waals surface area contributed by atoms with Gasteiger partial charge in [0.2, 0.25) is 0 Å². The number of carbonyl (C=O) groups is 3. The van der Waals surface area contributed by atoms with Gasteiger partial charge in [0.1, 0.15) is 0 Å². The molecule has 0 aromatic heterocycles. The van der Waals surface area contributed by atoms with E-state index in [1.54, 1.807) is 40.2 Å². The van der Waals surface area contributed by atoms with E-state index < -0.39 is 0 Å². The summed E-state index contributed by atoms with van der Waals surface area (Å²) in [6, 6.07) is 0. The number of amides is 2. The van der Waals surface area contributed by atoms with Gasteiger partial charge in [-0.1, -0.05) is 0 Å². The van der Waals surface area contributed by atoms with E-state index in [9.17, 15) is 14.4 Å². The second-order valence-electron chi connectivity index (χ2n) is 8.52. The zero-order chi connectivity index (χ0) is 28.4. The first-order chi connectivity index (χ1) is 18.4. The molecule has 1 unspecified atom stereocenters. The molecule has 0 aliphatic carbocycles. The number of rotatable bonds is 26. The Hall–Kier alpha value is -1.01. The summed E-state index contributed by atoms with van der Waals surface area (Å²) in [6.45, 7) is 5.50. The van der Waals surface area contributed by atoms with E-state index in [4.69, 9.17) is 0 Å². The summed E-state index contributed by atoms with van der Waals surface area (Å²) >= 11 is 5.14. The number of hydrogen-bond acceptors (Lipinski definition) is 9. The summed E-state index contributed by atoms with van der Waals surface area (Å²) in [7, 11) is 10.5. The first kappa shape index (κ1) is 37.0. The van der Waals surface area contributed by atoms with Crippen molar-refractivity contribution >= 4 is 75.8 Å². The summed E-state index contributed by atoms with van der Waals surface area (Å²) in [5.41, 5.74) is 0. The van der Waals surface area contributed by atoms with Crippen molar-refractivity contribution in [1.82, 2.24) is 9.80 Å². The fraction of sp³-hybridized carbons (Fsp3) is 0.792. The van der Waals surface area contributed by atoms with Crippen LogP contribution in [0.15, 0.2) is 26.8 Å². The van der Waals surface area contributed by atoms with Crippen LogP contribution in [0, 0.1) is 5.92 Å². The maximum atomic E-state index is 12.8. The van der Waals surface area contributed by atoms with E-state index in [0.717, 1.165) is 35.9 Å². The second kappa shape index (κ2) is 26.2. The van der Waals surface area contributed by atoms with Gasteiger partial charge in [0.05, 0.1) is 0 Å². The van der Waals surface area contributed by atoms with Gasteiger partial charge in [-0.3, -0.25) is 0 Å². The van der Waals surface area contributed by atoms with Crippen LogP contribution in [-0.4, -0.2) is 131 Å². The van der Waals surface area contributed by atoms with Crippen LogP contribution in [-0.2, 0) is 14.4 Å². The molecule has 0 rings (SSSR count). The summed E-state index contributed by atoms with van der Waals surface area (Å²) in [5, 5.41) is 0. The number of Topliss-reactive ketones (excluding diaryl/α,β-unsaturated/α-hetero) is 1. The van der Waals surface area contributed by atoms with Gasteiger partial charge in [0.15, 0.2) is 0 Å². The summed E-state index contributed by atoms with van der Waals surface area (Å²) < 4.78 is 0. The van der Waals surface area contributed by atoms with E-state index in [1.165, 1.54) is 0 Å². The van der Waals surface area contributed by atoms with Crippen molar-refractivity contribution in [2.75, 3.05) is 80.8 Å². The van der Waals surface area contributed by atoms with Crippen molar-refractivity contribution in [1.29, 1.82) is 0 Å². The van der Waals surface area contributed by atoms with Gasteiger partial charge in [0.25, 0.3) is 0 Å². The Morgan fingerprint density at radius 2 is 1.45 bits per heavy atom. The van der Waals surface area contributed by atoms with Crippen molar-refractivity contribution < 1.29 is 14.4 Å². The normalized spacial score (nSPS) is 11.7. The number of carbonyl (C=O) groups excluding carboxylic acids is 3. The fourth-order valence-corrected chi connectivity index (χ4v) is 5.81. The molecular formula is C24H44B3N5O3S3. The summed E-state index contributed by atoms with van der Waals surface area (Å²) in [5.74, 6) is 4.41. The Kier molecular flexibility index (Phi) is 25.5. The van der Waals surface area contributed by atoms with Crippen molar-refractivity contribution in [2.45, 2.75) is 32.6 Å². The molecule has 0 bridgehead atoms. The van der Waals surface area contributed by atoms with Crippen LogP contribution in [0.4, 0.5) is 0 Å². The zero-order valence-electron chi connectivity index (χ0n) is 23.4. The van der Waals surface area contributed by atoms with E-state index in [1.807, 2.05) is 24.0 Å². The van der Waals surface area contributed by atoms with Crippen LogP contribution in [0.3, 0.4) is 0 Å². The maximum absolute atomic E-state index is 12.8. The molecular weight excluding hydrogens is 535 g/mol. The standard InChI is InChI=1S/C24H44B3N5O3S3/c1-3-4-11-31(24(35)20-30-27)13-18-38-17-8-23(34)32(12-10-29-26)14-19-37-16-7-22(33)21(5-9-28-25)6-15-36-2/h3-4,21,25-27H,5-20H2,1-2H3/b4-3+. The van der Waals surface area contributed by atoms with Crippen molar-refractivity contribution in [2.24, 2.45) is 20.6 Å². The molecule has 0 aromatic rings. The fourth-order valence-electron chi connectivity index (χ4n) is 3.52. The van der Waals surface area contributed by atoms with Gasteiger partial charge in [-0.25, -0.2) is 0 Å². The van der Waals surface area contributed by atoms with Gasteiger partial charge < -0.3 is 0 Å². The molecule has 8 nitrogen and oxygen atoms in total. The molecule has 38 heavy (non-hydrogen) atoms. The third-order valence-corrected chi connectivity index (χ3v) is 8.34. The van der Waals surface area contributed by atoms with Gasteiger partial charge in [-0.05, 0) is 0 Å². The van der Waals surface area contributed by atoms with E-state index >= 15 is 0 Å². The predicted octanol–water partition coefficient (Wildman–Crippen LogP) is 2.05. The molecule has 0 saturated carbocycles. The Bertz CT molecular complexity index is 750. The number of allylic oxidation sites excluding steroid dienone is 1. The molecule has 0 spiro atoms. The summed E-state index contributed by atoms with van der Waals surface area (Å²) in [4.78, 5) is 52.7. The molecule has 210 valence electrons.